The summed E-state index contributed by atoms with van der Waals surface area (Å²) in [7, 11) is 1.63. The van der Waals surface area contributed by atoms with E-state index < -0.39 is 11.2 Å². The minimum absolute atomic E-state index is 0.0892. The molecule has 2 unspecified atom stereocenters. The average molecular weight is 235 g/mol. The third kappa shape index (κ3) is 1.88. The average Bonchev–Trinajstić information content (AvgIpc) is 2.72. The summed E-state index contributed by atoms with van der Waals surface area (Å²) in [6, 6.07) is 8.11. The number of aliphatic hydroxyl groups is 1. The van der Waals surface area contributed by atoms with Crippen LogP contribution in [0.2, 0.25) is 0 Å². The van der Waals surface area contributed by atoms with E-state index in [1.165, 1.54) is 11.1 Å². The second-order valence-corrected chi connectivity index (χ2v) is 5.37. The lowest BCUT2D eigenvalue weighted by Crippen LogP contribution is -2.55. The summed E-state index contributed by atoms with van der Waals surface area (Å²) in [5, 5.41) is 14.2. The van der Waals surface area contributed by atoms with Crippen LogP contribution in [-0.4, -0.2) is 23.4 Å². The van der Waals surface area contributed by atoms with Crippen LogP contribution in [0.5, 0.6) is 0 Å². The predicted molar refractivity (Wildman–Crippen MR) is 67.7 cm³/mol. The van der Waals surface area contributed by atoms with Crippen LogP contribution in [-0.2, 0) is 11.3 Å². The Labute approximate surface area is 103 Å². The molecule has 94 valence electrons. The van der Waals surface area contributed by atoms with Gasteiger partial charge >= 0.3 is 0 Å². The summed E-state index contributed by atoms with van der Waals surface area (Å²) in [4.78, 5) is 0. The zero-order chi connectivity index (χ0) is 12.7. The zero-order valence-electron chi connectivity index (χ0n) is 10.9. The topological polar surface area (TPSA) is 41.5 Å². The van der Waals surface area contributed by atoms with E-state index in [1.807, 2.05) is 32.9 Å². The highest BCUT2D eigenvalue weighted by molar-refractivity contribution is 5.36. The van der Waals surface area contributed by atoms with Gasteiger partial charge in [0, 0.05) is 13.7 Å². The van der Waals surface area contributed by atoms with Gasteiger partial charge in [0.05, 0.1) is 11.6 Å². The molecule has 3 nitrogen and oxygen atoms in total. The van der Waals surface area contributed by atoms with E-state index in [9.17, 15) is 5.11 Å². The molecule has 0 spiro atoms. The van der Waals surface area contributed by atoms with E-state index in [-0.39, 0.29) is 6.04 Å². The van der Waals surface area contributed by atoms with Crippen LogP contribution in [0.1, 0.15) is 37.9 Å². The third-order valence-corrected chi connectivity index (χ3v) is 4.15. The van der Waals surface area contributed by atoms with Crippen LogP contribution in [0.15, 0.2) is 24.3 Å². The largest absolute Gasteiger partial charge is 0.385 e. The maximum Gasteiger partial charge on any atom is 0.110 e. The quantitative estimate of drug-likeness (QED) is 0.842. The van der Waals surface area contributed by atoms with Gasteiger partial charge in [0.15, 0.2) is 0 Å². The Hall–Kier alpha value is -0.900. The van der Waals surface area contributed by atoms with Crippen molar-refractivity contribution >= 4 is 0 Å². The number of hydrogen-bond donors (Lipinski definition) is 2. The van der Waals surface area contributed by atoms with Gasteiger partial charge in [-0.3, -0.25) is 0 Å². The molecule has 1 aromatic carbocycles. The molecule has 1 aliphatic heterocycles. The summed E-state index contributed by atoms with van der Waals surface area (Å²) in [5.74, 6) is 0. The van der Waals surface area contributed by atoms with Crippen molar-refractivity contribution in [3.05, 3.63) is 35.4 Å². The van der Waals surface area contributed by atoms with Crippen molar-refractivity contribution in [1.82, 2.24) is 5.32 Å². The van der Waals surface area contributed by atoms with Gasteiger partial charge in [-0.15, -0.1) is 0 Å². The molecule has 1 aromatic rings. The Morgan fingerprint density at radius 3 is 2.59 bits per heavy atom. The normalized spacial score (nSPS) is 23.2. The Morgan fingerprint density at radius 2 is 1.94 bits per heavy atom. The first-order valence-corrected chi connectivity index (χ1v) is 5.99. The standard InChI is InChI=1S/C14H21NO2/c1-13(2,17-4)14(3,16)12-11-8-6-5-7-10(11)9-15-12/h5-8,12,15-16H,9H2,1-4H3. The number of methoxy groups -OCH3 is 1. The Kier molecular flexibility index (Phi) is 3.02. The molecule has 17 heavy (non-hydrogen) atoms. The molecule has 1 aliphatic rings. The number of nitrogens with one attached hydrogen (secondary N) is 1. The van der Waals surface area contributed by atoms with Crippen molar-refractivity contribution in [2.75, 3.05) is 7.11 Å². The lowest BCUT2D eigenvalue weighted by molar-refractivity contribution is -0.156. The molecule has 0 amide bonds. The smallest absolute Gasteiger partial charge is 0.110 e. The molecule has 0 saturated heterocycles. The molecule has 0 fully saturated rings. The van der Waals surface area contributed by atoms with Gasteiger partial charge in [0.25, 0.3) is 0 Å². The van der Waals surface area contributed by atoms with E-state index in [4.69, 9.17) is 4.74 Å². The van der Waals surface area contributed by atoms with Crippen LogP contribution in [0.3, 0.4) is 0 Å². The number of rotatable bonds is 3. The molecule has 2 atom stereocenters. The number of benzene rings is 1. The first-order valence-electron chi connectivity index (χ1n) is 5.99. The van der Waals surface area contributed by atoms with Gasteiger partial charge in [-0.25, -0.2) is 0 Å². The van der Waals surface area contributed by atoms with Crippen LogP contribution in [0.25, 0.3) is 0 Å². The van der Waals surface area contributed by atoms with E-state index in [0.717, 1.165) is 6.54 Å². The minimum Gasteiger partial charge on any atom is -0.385 e. The van der Waals surface area contributed by atoms with Gasteiger partial charge in [-0.1, -0.05) is 24.3 Å². The minimum atomic E-state index is -0.964. The Balaban J connectivity index is 2.37. The fourth-order valence-electron chi connectivity index (χ4n) is 2.35. The van der Waals surface area contributed by atoms with E-state index in [0.29, 0.717) is 0 Å². The first-order chi connectivity index (χ1) is 7.90. The SMILES string of the molecule is COC(C)(C)C(C)(O)C1NCc2ccccc21. The lowest BCUT2D eigenvalue weighted by Gasteiger charge is -2.43. The van der Waals surface area contributed by atoms with Crippen LogP contribution >= 0.6 is 0 Å². The highest BCUT2D eigenvalue weighted by Crippen LogP contribution is 2.40. The number of ether oxygens (including phenoxy) is 1. The summed E-state index contributed by atoms with van der Waals surface area (Å²) >= 11 is 0. The zero-order valence-corrected chi connectivity index (χ0v) is 10.9. The summed E-state index contributed by atoms with van der Waals surface area (Å²) in [5.41, 5.74) is 0.850. The molecule has 0 aliphatic carbocycles. The van der Waals surface area contributed by atoms with Crippen molar-refractivity contribution in [3.8, 4) is 0 Å². The fourth-order valence-corrected chi connectivity index (χ4v) is 2.35. The maximum absolute atomic E-state index is 10.8. The first kappa shape index (κ1) is 12.6. The summed E-state index contributed by atoms with van der Waals surface area (Å²) in [6.45, 7) is 6.46. The van der Waals surface area contributed by atoms with Gasteiger partial charge in [-0.05, 0) is 31.9 Å². The molecule has 1 heterocycles. The molecule has 0 radical (unpaired) electrons. The Morgan fingerprint density at radius 1 is 1.29 bits per heavy atom. The lowest BCUT2D eigenvalue weighted by atomic mass is 9.78. The summed E-state index contributed by atoms with van der Waals surface area (Å²) in [6.07, 6.45) is 0. The van der Waals surface area contributed by atoms with Gasteiger partial charge < -0.3 is 15.2 Å². The second-order valence-electron chi connectivity index (χ2n) is 5.37. The molecule has 0 bridgehead atoms. The fraction of sp³-hybridized carbons (Fsp3) is 0.571. The van der Waals surface area contributed by atoms with Crippen molar-refractivity contribution in [2.24, 2.45) is 0 Å². The van der Waals surface area contributed by atoms with Gasteiger partial charge in [0.2, 0.25) is 0 Å². The number of fused-ring (bicyclic) bond motifs is 1. The van der Waals surface area contributed by atoms with Crippen molar-refractivity contribution in [1.29, 1.82) is 0 Å². The van der Waals surface area contributed by atoms with E-state index in [2.05, 4.69) is 17.4 Å². The second kappa shape index (κ2) is 4.09. The van der Waals surface area contributed by atoms with Crippen molar-refractivity contribution in [2.45, 2.75) is 44.6 Å². The molecular formula is C14H21NO2. The highest BCUT2D eigenvalue weighted by atomic mass is 16.5. The van der Waals surface area contributed by atoms with E-state index in [1.54, 1.807) is 7.11 Å². The molecular weight excluding hydrogens is 214 g/mol. The number of hydrogen-bond acceptors (Lipinski definition) is 3. The van der Waals surface area contributed by atoms with Crippen LogP contribution < -0.4 is 5.32 Å². The monoisotopic (exact) mass is 235 g/mol. The maximum atomic E-state index is 10.8. The predicted octanol–water partition coefficient (Wildman–Crippen LogP) is 2.01. The van der Waals surface area contributed by atoms with Crippen molar-refractivity contribution < 1.29 is 9.84 Å². The third-order valence-electron chi connectivity index (χ3n) is 4.15. The van der Waals surface area contributed by atoms with Crippen LogP contribution in [0.4, 0.5) is 0 Å². The van der Waals surface area contributed by atoms with Crippen molar-refractivity contribution in [3.63, 3.8) is 0 Å². The molecule has 2 rings (SSSR count). The van der Waals surface area contributed by atoms with Gasteiger partial charge in [-0.2, -0.15) is 0 Å². The molecule has 2 N–H and O–H groups in total. The molecule has 3 heteroatoms. The highest BCUT2D eigenvalue weighted by Gasteiger charge is 2.48. The molecule has 0 saturated carbocycles. The van der Waals surface area contributed by atoms with Gasteiger partial charge in [0.1, 0.15) is 5.60 Å². The van der Waals surface area contributed by atoms with E-state index >= 15 is 0 Å². The molecule has 0 aromatic heterocycles. The Bertz CT molecular complexity index is 412. The summed E-state index contributed by atoms with van der Waals surface area (Å²) < 4.78 is 5.44. The van der Waals surface area contributed by atoms with Crippen LogP contribution in [0, 0.1) is 0 Å².